The number of hydrogen-bond donors (Lipinski definition) is 1. The maximum atomic E-state index is 12.5. The molecule has 27 heavy (non-hydrogen) atoms. The van der Waals surface area contributed by atoms with Gasteiger partial charge in [0.1, 0.15) is 4.83 Å². The molecule has 2 aromatic carbocycles. The average Bonchev–Trinajstić information content (AvgIpc) is 3.25. The first-order chi connectivity index (χ1) is 13.1. The Balaban J connectivity index is 1.57. The molecule has 4 aromatic rings. The lowest BCUT2D eigenvalue weighted by Crippen LogP contribution is -2.16. The first kappa shape index (κ1) is 17.2. The molecule has 0 saturated carbocycles. The highest BCUT2D eigenvalue weighted by Gasteiger charge is 2.16. The van der Waals surface area contributed by atoms with Crippen LogP contribution in [0.2, 0.25) is 0 Å². The lowest BCUT2D eigenvalue weighted by molar-refractivity contribution is 0.0959. The van der Waals surface area contributed by atoms with E-state index >= 15 is 0 Å². The van der Waals surface area contributed by atoms with Crippen LogP contribution in [0.25, 0.3) is 15.9 Å². The molecule has 2 aromatic heterocycles. The molecule has 6 heteroatoms. The van der Waals surface area contributed by atoms with Crippen LogP contribution < -0.4 is 5.43 Å². The van der Waals surface area contributed by atoms with Gasteiger partial charge in [-0.15, -0.1) is 11.3 Å². The molecular formula is C21H18N4OS. The molecule has 0 spiro atoms. The normalized spacial score (nSPS) is 11.3. The smallest absolute Gasteiger partial charge is 0.266 e. The van der Waals surface area contributed by atoms with Gasteiger partial charge < -0.3 is 0 Å². The number of fused-ring (bicyclic) bond motifs is 1. The van der Waals surface area contributed by atoms with Gasteiger partial charge in [0.05, 0.1) is 22.5 Å². The molecule has 0 fully saturated rings. The molecule has 2 heterocycles. The second-order valence-corrected chi connectivity index (χ2v) is 7.30. The summed E-state index contributed by atoms with van der Waals surface area (Å²) in [4.78, 5) is 14.0. The summed E-state index contributed by atoms with van der Waals surface area (Å²) in [6, 6.07) is 19.7. The van der Waals surface area contributed by atoms with E-state index in [2.05, 4.69) is 15.6 Å². The van der Waals surface area contributed by atoms with Gasteiger partial charge in [-0.3, -0.25) is 4.79 Å². The van der Waals surface area contributed by atoms with E-state index < -0.39 is 0 Å². The third kappa shape index (κ3) is 3.52. The van der Waals surface area contributed by atoms with E-state index in [0.29, 0.717) is 4.88 Å². The van der Waals surface area contributed by atoms with Crippen molar-refractivity contribution in [1.29, 1.82) is 0 Å². The van der Waals surface area contributed by atoms with Gasteiger partial charge >= 0.3 is 0 Å². The highest BCUT2D eigenvalue weighted by Crippen LogP contribution is 2.30. The van der Waals surface area contributed by atoms with Gasteiger partial charge in [-0.1, -0.05) is 48.0 Å². The van der Waals surface area contributed by atoms with Crippen LogP contribution in [0, 0.1) is 13.8 Å². The zero-order valence-corrected chi connectivity index (χ0v) is 15.8. The van der Waals surface area contributed by atoms with Gasteiger partial charge in [-0.2, -0.15) is 10.2 Å². The van der Waals surface area contributed by atoms with E-state index in [9.17, 15) is 4.79 Å². The van der Waals surface area contributed by atoms with E-state index in [1.165, 1.54) is 16.9 Å². The standard InChI is InChI=1S/C21H18N4OS/c1-14-8-10-16(11-9-14)13-22-23-20(26)19-12-18-15(2)24-25(21(18)27-19)17-6-4-3-5-7-17/h3-13H,1-2H3,(H,23,26). The maximum Gasteiger partial charge on any atom is 0.281 e. The Bertz CT molecular complexity index is 1120. The van der Waals surface area contributed by atoms with Crippen molar-refractivity contribution in [2.45, 2.75) is 13.8 Å². The van der Waals surface area contributed by atoms with Crippen LogP contribution in [0.3, 0.4) is 0 Å². The monoisotopic (exact) mass is 374 g/mol. The summed E-state index contributed by atoms with van der Waals surface area (Å²) >= 11 is 1.41. The molecular weight excluding hydrogens is 356 g/mol. The molecule has 1 N–H and O–H groups in total. The molecule has 0 saturated heterocycles. The first-order valence-electron chi connectivity index (χ1n) is 8.56. The number of carbonyl (C=O) groups excluding carboxylic acids is 1. The summed E-state index contributed by atoms with van der Waals surface area (Å²) in [5, 5.41) is 9.64. The predicted molar refractivity (Wildman–Crippen MR) is 110 cm³/mol. The molecule has 0 aliphatic rings. The number of rotatable bonds is 4. The fraction of sp³-hybridized carbons (Fsp3) is 0.0952. The van der Waals surface area contributed by atoms with Crippen molar-refractivity contribution in [2.75, 3.05) is 0 Å². The second-order valence-electron chi connectivity index (χ2n) is 6.27. The lowest BCUT2D eigenvalue weighted by Gasteiger charge is -2.01. The fourth-order valence-electron chi connectivity index (χ4n) is 2.78. The summed E-state index contributed by atoms with van der Waals surface area (Å²) < 4.78 is 1.88. The average molecular weight is 374 g/mol. The number of carbonyl (C=O) groups is 1. The molecule has 0 bridgehead atoms. The Morgan fingerprint density at radius 2 is 1.85 bits per heavy atom. The first-order valence-corrected chi connectivity index (χ1v) is 9.38. The zero-order chi connectivity index (χ0) is 18.8. The quantitative estimate of drug-likeness (QED) is 0.423. The minimum Gasteiger partial charge on any atom is -0.266 e. The van der Waals surface area contributed by atoms with Gasteiger partial charge in [0.25, 0.3) is 5.91 Å². The van der Waals surface area contributed by atoms with Gasteiger partial charge in [0.2, 0.25) is 0 Å². The van der Waals surface area contributed by atoms with Crippen LogP contribution in [-0.2, 0) is 0 Å². The molecule has 0 atom stereocenters. The number of nitrogens with zero attached hydrogens (tertiary/aromatic N) is 3. The number of para-hydroxylation sites is 1. The molecule has 4 rings (SSSR count). The van der Waals surface area contributed by atoms with Gasteiger partial charge in [0.15, 0.2) is 0 Å². The van der Waals surface area contributed by atoms with Crippen molar-refractivity contribution in [1.82, 2.24) is 15.2 Å². The van der Waals surface area contributed by atoms with Crippen LogP contribution in [0.1, 0.15) is 26.5 Å². The molecule has 0 unspecified atom stereocenters. The number of aromatic nitrogens is 2. The number of benzene rings is 2. The molecule has 0 aliphatic heterocycles. The molecule has 0 radical (unpaired) electrons. The fourth-order valence-corrected chi connectivity index (χ4v) is 3.85. The van der Waals surface area contributed by atoms with E-state index in [4.69, 9.17) is 0 Å². The summed E-state index contributed by atoms with van der Waals surface area (Å²) in [6.45, 7) is 3.98. The van der Waals surface area contributed by atoms with Crippen LogP contribution in [-0.4, -0.2) is 21.9 Å². The van der Waals surface area contributed by atoms with Crippen LogP contribution >= 0.6 is 11.3 Å². The number of amides is 1. The highest BCUT2D eigenvalue weighted by molar-refractivity contribution is 7.20. The van der Waals surface area contributed by atoms with Crippen LogP contribution in [0.5, 0.6) is 0 Å². The maximum absolute atomic E-state index is 12.5. The number of nitrogens with one attached hydrogen (secondary N) is 1. The summed E-state index contributed by atoms with van der Waals surface area (Å²) in [6.07, 6.45) is 1.64. The summed E-state index contributed by atoms with van der Waals surface area (Å²) in [7, 11) is 0. The third-order valence-corrected chi connectivity index (χ3v) is 5.34. The Labute approximate surface area is 161 Å². The van der Waals surface area contributed by atoms with Crippen molar-refractivity contribution < 1.29 is 4.79 Å². The number of aryl methyl sites for hydroxylation is 2. The molecule has 5 nitrogen and oxygen atoms in total. The van der Waals surface area contributed by atoms with E-state index in [-0.39, 0.29) is 5.91 Å². The lowest BCUT2D eigenvalue weighted by atomic mass is 10.2. The van der Waals surface area contributed by atoms with Gasteiger partial charge in [-0.05, 0) is 37.6 Å². The van der Waals surface area contributed by atoms with Crippen molar-refractivity contribution in [3.63, 3.8) is 0 Å². The molecule has 0 aliphatic carbocycles. The predicted octanol–water partition coefficient (Wildman–Crippen LogP) is 4.47. The second kappa shape index (κ2) is 7.17. The van der Waals surface area contributed by atoms with Crippen molar-refractivity contribution in [3.8, 4) is 5.69 Å². The van der Waals surface area contributed by atoms with E-state index in [1.54, 1.807) is 6.21 Å². The minimum absolute atomic E-state index is 0.224. The zero-order valence-electron chi connectivity index (χ0n) is 15.0. The van der Waals surface area contributed by atoms with Crippen molar-refractivity contribution >= 4 is 33.7 Å². The van der Waals surface area contributed by atoms with Gasteiger partial charge in [0, 0.05) is 5.39 Å². The van der Waals surface area contributed by atoms with Gasteiger partial charge in [-0.25, -0.2) is 10.1 Å². The highest BCUT2D eigenvalue weighted by atomic mass is 32.1. The Kier molecular flexibility index (Phi) is 4.56. The summed E-state index contributed by atoms with van der Waals surface area (Å²) in [5.74, 6) is -0.224. The number of thiophene rings is 1. The van der Waals surface area contributed by atoms with E-state index in [0.717, 1.165) is 27.2 Å². The van der Waals surface area contributed by atoms with Crippen LogP contribution in [0.4, 0.5) is 0 Å². The molecule has 134 valence electrons. The summed E-state index contributed by atoms with van der Waals surface area (Å²) in [5.41, 5.74) is 6.59. The molecule has 1 amide bonds. The Morgan fingerprint density at radius 3 is 2.59 bits per heavy atom. The minimum atomic E-state index is -0.224. The van der Waals surface area contributed by atoms with E-state index in [1.807, 2.05) is 79.2 Å². The number of hydrazone groups is 1. The van der Waals surface area contributed by atoms with Crippen LogP contribution in [0.15, 0.2) is 65.8 Å². The van der Waals surface area contributed by atoms with Crippen molar-refractivity contribution in [2.24, 2.45) is 5.10 Å². The Hall–Kier alpha value is -3.25. The SMILES string of the molecule is Cc1ccc(C=NNC(=O)c2cc3c(C)nn(-c4ccccc4)c3s2)cc1. The topological polar surface area (TPSA) is 59.3 Å². The third-order valence-electron chi connectivity index (χ3n) is 4.23. The number of hydrogen-bond acceptors (Lipinski definition) is 4. The Morgan fingerprint density at radius 1 is 1.11 bits per heavy atom. The van der Waals surface area contributed by atoms with Crippen molar-refractivity contribution in [3.05, 3.63) is 82.4 Å². The largest absolute Gasteiger partial charge is 0.281 e.